The molecular formula is C22H16Cl2O4S. The number of sulfone groups is 1. The first kappa shape index (κ1) is 21.1. The van der Waals surface area contributed by atoms with Crippen molar-refractivity contribution in [2.45, 2.75) is 4.90 Å². The molecule has 3 aromatic carbocycles. The van der Waals surface area contributed by atoms with E-state index in [1.54, 1.807) is 36.4 Å². The second kappa shape index (κ2) is 8.82. The van der Waals surface area contributed by atoms with Gasteiger partial charge in [-0.25, -0.2) is 8.42 Å². The van der Waals surface area contributed by atoms with Crippen molar-refractivity contribution < 1.29 is 17.9 Å². The lowest BCUT2D eigenvalue weighted by Gasteiger charge is -2.10. The van der Waals surface area contributed by atoms with E-state index in [0.29, 0.717) is 21.4 Å². The van der Waals surface area contributed by atoms with E-state index in [-0.39, 0.29) is 15.4 Å². The van der Waals surface area contributed by atoms with Gasteiger partial charge < -0.3 is 4.74 Å². The molecule has 0 heterocycles. The van der Waals surface area contributed by atoms with Gasteiger partial charge in [-0.05, 0) is 72.3 Å². The van der Waals surface area contributed by atoms with E-state index in [2.05, 4.69) is 0 Å². The first-order valence-electron chi connectivity index (χ1n) is 8.48. The summed E-state index contributed by atoms with van der Waals surface area (Å²) in [5.74, 6) is -0.0668. The quantitative estimate of drug-likeness (QED) is 0.359. The maximum Gasteiger partial charge on any atom is 0.210 e. The lowest BCUT2D eigenvalue weighted by Crippen LogP contribution is -2.14. The van der Waals surface area contributed by atoms with E-state index in [4.69, 9.17) is 27.9 Å². The molecule has 0 unspecified atom stereocenters. The van der Waals surface area contributed by atoms with Gasteiger partial charge in [-0.3, -0.25) is 4.79 Å². The minimum absolute atomic E-state index is 0.0241. The topological polar surface area (TPSA) is 60.4 Å². The fraction of sp³-hybridized carbons (Fsp3) is 0.0455. The van der Waals surface area contributed by atoms with Crippen LogP contribution in [-0.4, -0.2) is 21.3 Å². The van der Waals surface area contributed by atoms with Crippen molar-refractivity contribution in [2.24, 2.45) is 0 Å². The fourth-order valence-corrected chi connectivity index (χ4v) is 4.25. The van der Waals surface area contributed by atoms with E-state index in [0.717, 1.165) is 0 Å². The standard InChI is InChI=1S/C22H16Cl2O4S/c1-28-19-10-4-16(5-11-19)22(25)21(14-15-2-6-17(23)7-3-15)29(26,27)20-12-8-18(24)9-13-20/h2-14H,1H3/b21-14+. The molecule has 0 amide bonds. The smallest absolute Gasteiger partial charge is 0.210 e. The summed E-state index contributed by atoms with van der Waals surface area (Å²) >= 11 is 11.8. The third-order valence-corrected chi connectivity index (χ3v) is 6.44. The molecule has 0 atom stereocenters. The van der Waals surface area contributed by atoms with Crippen molar-refractivity contribution in [3.05, 3.63) is 98.9 Å². The lowest BCUT2D eigenvalue weighted by atomic mass is 10.1. The summed E-state index contributed by atoms with van der Waals surface area (Å²) in [7, 11) is -2.59. The van der Waals surface area contributed by atoms with Gasteiger partial charge in [0.15, 0.2) is 0 Å². The molecule has 3 aromatic rings. The number of methoxy groups -OCH3 is 1. The van der Waals surface area contributed by atoms with Gasteiger partial charge in [-0.15, -0.1) is 0 Å². The first-order valence-corrected chi connectivity index (χ1v) is 10.7. The minimum Gasteiger partial charge on any atom is -0.497 e. The number of allylic oxidation sites excluding steroid dienone is 1. The van der Waals surface area contributed by atoms with Crippen LogP contribution in [0, 0.1) is 0 Å². The average molecular weight is 447 g/mol. The number of Topliss-reactive ketones (excluding diaryl/α,β-unsaturated/α-hetero) is 1. The van der Waals surface area contributed by atoms with Crippen LogP contribution in [-0.2, 0) is 9.84 Å². The van der Waals surface area contributed by atoms with Crippen LogP contribution in [0.5, 0.6) is 5.75 Å². The zero-order chi connectivity index (χ0) is 21.0. The van der Waals surface area contributed by atoms with Gasteiger partial charge in [0, 0.05) is 15.6 Å². The van der Waals surface area contributed by atoms with Crippen molar-refractivity contribution in [1.82, 2.24) is 0 Å². The Bertz CT molecular complexity index is 1150. The van der Waals surface area contributed by atoms with E-state index in [1.165, 1.54) is 49.6 Å². The highest BCUT2D eigenvalue weighted by Gasteiger charge is 2.28. The molecule has 3 rings (SSSR count). The van der Waals surface area contributed by atoms with Gasteiger partial charge in [-0.1, -0.05) is 35.3 Å². The van der Waals surface area contributed by atoms with Crippen molar-refractivity contribution >= 4 is 44.9 Å². The van der Waals surface area contributed by atoms with Crippen molar-refractivity contribution in [3.8, 4) is 5.75 Å². The average Bonchev–Trinajstić information content (AvgIpc) is 2.73. The molecule has 0 saturated heterocycles. The van der Waals surface area contributed by atoms with Crippen LogP contribution in [0.25, 0.3) is 6.08 Å². The second-order valence-corrected chi connectivity index (χ2v) is 8.87. The van der Waals surface area contributed by atoms with Crippen LogP contribution in [0.15, 0.2) is 82.6 Å². The monoisotopic (exact) mass is 446 g/mol. The molecule has 7 heteroatoms. The number of ketones is 1. The number of ether oxygens (including phenoxy) is 1. The molecule has 0 bridgehead atoms. The van der Waals surface area contributed by atoms with Crippen LogP contribution >= 0.6 is 23.2 Å². The second-order valence-electron chi connectivity index (χ2n) is 6.08. The highest BCUT2D eigenvalue weighted by molar-refractivity contribution is 7.96. The van der Waals surface area contributed by atoms with Gasteiger partial charge in [0.05, 0.1) is 12.0 Å². The van der Waals surface area contributed by atoms with Crippen LogP contribution in [0.2, 0.25) is 10.0 Å². The number of carbonyl (C=O) groups excluding carboxylic acids is 1. The highest BCUT2D eigenvalue weighted by atomic mass is 35.5. The van der Waals surface area contributed by atoms with Gasteiger partial charge in [0.1, 0.15) is 10.7 Å². The Morgan fingerprint density at radius 2 is 1.34 bits per heavy atom. The molecule has 148 valence electrons. The summed E-state index contributed by atoms with van der Waals surface area (Å²) in [6.07, 6.45) is 1.34. The molecule has 4 nitrogen and oxygen atoms in total. The predicted octanol–water partition coefficient (Wildman–Crippen LogP) is 5.70. The molecule has 0 spiro atoms. The van der Waals surface area contributed by atoms with E-state index in [9.17, 15) is 13.2 Å². The number of halogens is 2. The molecule has 0 aliphatic carbocycles. The van der Waals surface area contributed by atoms with Crippen LogP contribution in [0.4, 0.5) is 0 Å². The molecule has 29 heavy (non-hydrogen) atoms. The summed E-state index contributed by atoms with van der Waals surface area (Å²) in [6, 6.07) is 18.4. The Morgan fingerprint density at radius 3 is 1.86 bits per heavy atom. The molecule has 0 aromatic heterocycles. The van der Waals surface area contributed by atoms with Gasteiger partial charge >= 0.3 is 0 Å². The Hall–Kier alpha value is -2.60. The largest absolute Gasteiger partial charge is 0.497 e. The number of benzene rings is 3. The maximum atomic E-state index is 13.3. The van der Waals surface area contributed by atoms with Crippen LogP contribution in [0.3, 0.4) is 0 Å². The number of rotatable bonds is 6. The number of hydrogen-bond donors (Lipinski definition) is 0. The highest BCUT2D eigenvalue weighted by Crippen LogP contribution is 2.27. The molecule has 0 aliphatic rings. The van der Waals surface area contributed by atoms with E-state index in [1.807, 2.05) is 0 Å². The Labute approximate surface area is 179 Å². The van der Waals surface area contributed by atoms with Gasteiger partial charge in [0.25, 0.3) is 0 Å². The number of carbonyl (C=O) groups is 1. The minimum atomic E-state index is -4.10. The van der Waals surface area contributed by atoms with Gasteiger partial charge in [0.2, 0.25) is 15.6 Å². The predicted molar refractivity (Wildman–Crippen MR) is 115 cm³/mol. The van der Waals surface area contributed by atoms with Crippen molar-refractivity contribution in [3.63, 3.8) is 0 Å². The molecule has 0 fully saturated rings. The fourth-order valence-electron chi connectivity index (χ4n) is 2.60. The maximum absolute atomic E-state index is 13.3. The van der Waals surface area contributed by atoms with E-state index < -0.39 is 15.6 Å². The SMILES string of the molecule is COc1ccc(C(=O)/C(=C\c2ccc(Cl)cc2)S(=O)(=O)c2ccc(Cl)cc2)cc1. The molecule has 0 N–H and O–H groups in total. The van der Waals surface area contributed by atoms with Crippen LogP contribution < -0.4 is 4.74 Å². The van der Waals surface area contributed by atoms with Gasteiger partial charge in [-0.2, -0.15) is 0 Å². The molecule has 0 aliphatic heterocycles. The Morgan fingerprint density at radius 1 is 0.828 bits per heavy atom. The third-order valence-electron chi connectivity index (χ3n) is 4.16. The summed E-state index contributed by atoms with van der Waals surface area (Å²) in [5, 5.41) is 0.902. The molecule has 0 radical (unpaired) electrons. The summed E-state index contributed by atoms with van der Waals surface area (Å²) in [5.41, 5.74) is 0.757. The third kappa shape index (κ3) is 4.88. The zero-order valence-electron chi connectivity index (χ0n) is 15.3. The van der Waals surface area contributed by atoms with E-state index >= 15 is 0 Å². The number of hydrogen-bond acceptors (Lipinski definition) is 4. The van der Waals surface area contributed by atoms with Crippen molar-refractivity contribution in [2.75, 3.05) is 7.11 Å². The summed E-state index contributed by atoms with van der Waals surface area (Å²) < 4.78 is 31.6. The Balaban J connectivity index is 2.13. The molecule has 0 saturated carbocycles. The summed E-state index contributed by atoms with van der Waals surface area (Å²) in [4.78, 5) is 12.8. The Kier molecular flexibility index (Phi) is 6.42. The molecular weight excluding hydrogens is 431 g/mol. The normalized spacial score (nSPS) is 11.9. The lowest BCUT2D eigenvalue weighted by molar-refractivity contribution is 0.104. The summed E-state index contributed by atoms with van der Waals surface area (Å²) in [6.45, 7) is 0. The van der Waals surface area contributed by atoms with Crippen LogP contribution in [0.1, 0.15) is 15.9 Å². The first-order chi connectivity index (χ1) is 13.8. The zero-order valence-corrected chi connectivity index (χ0v) is 17.6. The van der Waals surface area contributed by atoms with Crippen molar-refractivity contribution in [1.29, 1.82) is 0 Å².